The Labute approximate surface area is 582 Å². The van der Waals surface area contributed by atoms with Crippen LogP contribution in [0.5, 0.6) is 0 Å². The van der Waals surface area contributed by atoms with Crippen LogP contribution in [0.2, 0.25) is 0 Å². The highest BCUT2D eigenvalue weighted by Gasteiger charge is 2.50. The minimum Gasteiger partial charge on any atom is -0.462 e. The van der Waals surface area contributed by atoms with E-state index in [4.69, 9.17) is 47.5 Å². The second kappa shape index (κ2) is 39.6. The number of nitriles is 5. The van der Waals surface area contributed by atoms with E-state index >= 15 is 0 Å². The molecule has 25 nitrogen and oxygen atoms in total. The van der Waals surface area contributed by atoms with Crippen LogP contribution in [0.3, 0.4) is 0 Å². The van der Waals surface area contributed by atoms with Crippen molar-refractivity contribution in [2.45, 2.75) is 71.6 Å². The lowest BCUT2D eigenvalue weighted by Crippen LogP contribution is -2.62. The second-order valence-electron chi connectivity index (χ2n) is 22.2. The number of carbonyl (C=O) groups is 5. The van der Waals surface area contributed by atoms with Gasteiger partial charge in [0.1, 0.15) is 110 Å². The summed E-state index contributed by atoms with van der Waals surface area (Å²) in [5.41, 5.74) is 5.28. The number of benzene rings is 5. The molecule has 520 valence electrons. The number of carbonyl (C=O) groups excluding carboxylic acids is 5. The fraction of sp³-hybridized carbons (Fsp3) is 0.333. The normalized spacial score (nSPS) is 16.2. The van der Waals surface area contributed by atoms with Crippen LogP contribution in [0.1, 0.15) is 68.9 Å². The zero-order valence-electron chi connectivity index (χ0n) is 57.5. The van der Waals surface area contributed by atoms with Crippen molar-refractivity contribution in [3.63, 3.8) is 0 Å². The molecule has 5 unspecified atom stereocenters. The molecule has 5 atom stereocenters. The predicted molar refractivity (Wildman–Crippen MR) is 374 cm³/mol. The first-order valence-corrected chi connectivity index (χ1v) is 31.9. The molecule has 1 aliphatic carbocycles. The Kier molecular flexibility index (Phi) is 30.6. The van der Waals surface area contributed by atoms with Gasteiger partial charge in [0.2, 0.25) is 0 Å². The Morgan fingerprint density at radius 1 is 0.340 bits per heavy atom. The molecule has 5 aromatic rings. The quantitative estimate of drug-likeness (QED) is 0.00923. The Balaban J connectivity index is 1.47. The van der Waals surface area contributed by atoms with Crippen LogP contribution in [0.25, 0.3) is 30.4 Å². The van der Waals surface area contributed by atoms with Crippen LogP contribution in [-0.4, -0.2) is 156 Å². The first kappa shape index (κ1) is 77.4. The maximum atomic E-state index is 12.6. The molecular formula is C75H80N10O15. The van der Waals surface area contributed by atoms with Crippen molar-refractivity contribution in [2.75, 3.05) is 120 Å². The summed E-state index contributed by atoms with van der Waals surface area (Å²) in [5.74, 6) is -3.74. The van der Waals surface area contributed by atoms with Gasteiger partial charge in [0.25, 0.3) is 0 Å². The third-order valence-corrected chi connectivity index (χ3v) is 15.2. The van der Waals surface area contributed by atoms with Crippen molar-refractivity contribution in [2.24, 2.45) is 0 Å². The molecule has 0 heterocycles. The fourth-order valence-corrected chi connectivity index (χ4v) is 9.97. The van der Waals surface area contributed by atoms with Gasteiger partial charge < -0.3 is 62.2 Å². The van der Waals surface area contributed by atoms with E-state index in [1.165, 1.54) is 30.4 Å². The smallest absolute Gasteiger partial charge is 0.348 e. The SMILES string of the molecule is CCOC(=O)/C(C#N)=C\c1ccc(N(C)COC2C(OCN(C)c3ccc(/C=C(\C#N)C(=O)OCC)cc3)CC(ON(C)c3ccc(/C=C(\C#N)C(=O)OCC)cc3)C(OCN(C)c3ccc(/C=C(/C#N)C(=O)OCC)cc3)C2OCN(C)c2ccc(/C=C(/C#N)C(=O)OCC)cc2)cc1. The maximum absolute atomic E-state index is 12.6. The van der Waals surface area contributed by atoms with Crippen molar-refractivity contribution in [3.05, 3.63) is 177 Å². The van der Waals surface area contributed by atoms with E-state index in [0.29, 0.717) is 56.3 Å². The molecule has 5 aromatic carbocycles. The third kappa shape index (κ3) is 22.5. The van der Waals surface area contributed by atoms with Crippen LogP contribution in [0.4, 0.5) is 28.4 Å². The summed E-state index contributed by atoms with van der Waals surface area (Å²) in [6.45, 7) is 8.45. The van der Waals surface area contributed by atoms with Gasteiger partial charge in [0.05, 0.1) is 44.8 Å². The molecule has 0 saturated heterocycles. The zero-order valence-corrected chi connectivity index (χ0v) is 57.5. The molecule has 0 radical (unpaired) electrons. The van der Waals surface area contributed by atoms with Gasteiger partial charge >= 0.3 is 29.8 Å². The molecule has 0 bridgehead atoms. The number of hydrogen-bond donors (Lipinski definition) is 0. The Hall–Kier alpha value is -11.6. The molecule has 0 spiro atoms. The predicted octanol–water partition coefficient (Wildman–Crippen LogP) is 10.1. The summed E-state index contributed by atoms with van der Waals surface area (Å²) in [7, 11) is 8.98. The molecule has 25 heteroatoms. The molecule has 6 rings (SSSR count). The van der Waals surface area contributed by atoms with Crippen LogP contribution >= 0.6 is 0 Å². The molecule has 0 aromatic heterocycles. The highest BCUT2D eigenvalue weighted by molar-refractivity contribution is 6.00. The summed E-state index contributed by atoms with van der Waals surface area (Å²) in [6.07, 6.45) is 2.47. The van der Waals surface area contributed by atoms with Gasteiger partial charge in [-0.15, -0.1) is 0 Å². The molecule has 1 aliphatic rings. The summed E-state index contributed by atoms with van der Waals surface area (Å²) < 4.78 is 53.7. The van der Waals surface area contributed by atoms with Crippen LogP contribution in [0.15, 0.2) is 149 Å². The summed E-state index contributed by atoms with van der Waals surface area (Å²) in [4.78, 5) is 77.1. The van der Waals surface area contributed by atoms with Crippen molar-refractivity contribution >= 4 is 88.7 Å². The van der Waals surface area contributed by atoms with Gasteiger partial charge in [-0.1, -0.05) is 60.7 Å². The standard InChI is InChI=1S/C75H80N10O15/c1-11-91-71(86)56(42-76)36-51-16-26-61(27-17-51)81(6)47-96-66-41-67(100-85(10)65-34-24-55(25-35-65)40-60(46-80)75(90)95-15-5)69(98-49-83(8)63-30-20-53(21-31-63)38-58(44-78)73(88)93-13-3)70(99-50-84(9)64-32-22-54(23-33-64)39-59(45-79)74(89)94-14-4)68(66)97-48-82(7)62-28-18-52(19-29-62)37-57(43-77)72(87)92-12-2/h16-40,66-70H,11-15,41,47-50H2,1-10H3/b56-36+,57-37-,58-38-,59-39-,60-40+. The van der Waals surface area contributed by atoms with Gasteiger partial charge in [-0.3, -0.25) is 9.90 Å². The van der Waals surface area contributed by atoms with Crippen molar-refractivity contribution in [1.82, 2.24) is 0 Å². The van der Waals surface area contributed by atoms with Crippen LogP contribution in [-0.2, 0) is 71.4 Å². The lowest BCUT2D eigenvalue weighted by molar-refractivity contribution is -0.239. The number of hydroxylamine groups is 1. The van der Waals surface area contributed by atoms with Gasteiger partial charge in [0, 0.05) is 64.4 Å². The average molecular weight is 1360 g/mol. The fourth-order valence-electron chi connectivity index (χ4n) is 9.97. The summed E-state index contributed by atoms with van der Waals surface area (Å²) >= 11 is 0. The average Bonchev–Trinajstić information content (AvgIpc) is 0.781. The minimum atomic E-state index is -1.06. The molecule has 0 N–H and O–H groups in total. The van der Waals surface area contributed by atoms with Crippen LogP contribution in [0, 0.1) is 56.7 Å². The first-order valence-electron chi connectivity index (χ1n) is 31.9. The van der Waals surface area contributed by atoms with E-state index < -0.39 is 60.4 Å². The van der Waals surface area contributed by atoms with E-state index in [9.17, 15) is 50.3 Å². The van der Waals surface area contributed by atoms with Crippen molar-refractivity contribution < 1.29 is 71.4 Å². The monoisotopic (exact) mass is 1360 g/mol. The van der Waals surface area contributed by atoms with Crippen molar-refractivity contribution in [1.29, 1.82) is 26.3 Å². The topological polar surface area (TPSA) is 313 Å². The van der Waals surface area contributed by atoms with E-state index in [-0.39, 0.29) is 94.2 Å². The molecule has 0 aliphatic heterocycles. The number of hydrogen-bond acceptors (Lipinski definition) is 25. The van der Waals surface area contributed by atoms with E-state index in [1.807, 2.05) is 90.3 Å². The van der Waals surface area contributed by atoms with Gasteiger partial charge in [0.15, 0.2) is 0 Å². The number of anilines is 5. The molecule has 0 amide bonds. The van der Waals surface area contributed by atoms with Crippen LogP contribution < -0.4 is 24.7 Å². The Bertz CT molecular complexity index is 3990. The third-order valence-electron chi connectivity index (χ3n) is 15.2. The number of ether oxygens (including phenoxy) is 9. The van der Waals surface area contributed by atoms with E-state index in [2.05, 4.69) is 0 Å². The molecular weight excluding hydrogens is 1280 g/mol. The van der Waals surface area contributed by atoms with Crippen molar-refractivity contribution in [3.8, 4) is 30.3 Å². The number of esters is 5. The Morgan fingerprint density at radius 3 is 0.800 bits per heavy atom. The molecule has 1 fully saturated rings. The van der Waals surface area contributed by atoms with E-state index in [1.54, 1.807) is 156 Å². The Morgan fingerprint density at radius 2 is 0.560 bits per heavy atom. The second-order valence-corrected chi connectivity index (χ2v) is 22.2. The minimum absolute atomic E-state index is 0.0342. The molecule has 1 saturated carbocycles. The molecule has 100 heavy (non-hydrogen) atoms. The summed E-state index contributed by atoms with van der Waals surface area (Å²) in [5, 5.41) is 50.4. The van der Waals surface area contributed by atoms with Gasteiger partial charge in [-0.2, -0.15) is 26.3 Å². The first-order chi connectivity index (χ1) is 48.2. The van der Waals surface area contributed by atoms with Gasteiger partial charge in [-0.25, -0.2) is 24.0 Å². The highest BCUT2D eigenvalue weighted by atomic mass is 16.7. The lowest BCUT2D eigenvalue weighted by Gasteiger charge is -2.47. The zero-order chi connectivity index (χ0) is 72.7. The number of nitrogens with zero attached hydrogens (tertiary/aromatic N) is 10. The largest absolute Gasteiger partial charge is 0.462 e. The number of rotatable bonds is 34. The van der Waals surface area contributed by atoms with E-state index in [0.717, 1.165) is 0 Å². The highest BCUT2D eigenvalue weighted by Crippen LogP contribution is 2.35. The maximum Gasteiger partial charge on any atom is 0.348 e. The lowest BCUT2D eigenvalue weighted by atomic mass is 9.86. The summed E-state index contributed by atoms with van der Waals surface area (Å²) in [6, 6.07) is 44.9. The van der Waals surface area contributed by atoms with Gasteiger partial charge in [-0.05, 0) is 153 Å².